The highest BCUT2D eigenvalue weighted by atomic mass is 19.4. The van der Waals surface area contributed by atoms with Crippen LogP contribution in [0.25, 0.3) is 0 Å². The first kappa shape index (κ1) is 14.3. The molecule has 7 nitrogen and oxygen atoms in total. The smallest absolute Gasteiger partial charge is 0.435 e. The number of nitrogens with zero attached hydrogens (tertiary/aromatic N) is 4. The summed E-state index contributed by atoms with van der Waals surface area (Å²) < 4.78 is 38.8. The summed E-state index contributed by atoms with van der Waals surface area (Å²) in [5, 5.41) is 14.8. The monoisotopic (exact) mass is 292 g/mol. The zero-order valence-electron chi connectivity index (χ0n) is 10.4. The summed E-state index contributed by atoms with van der Waals surface area (Å²) in [6.45, 7) is -0.692. The molecule has 0 radical (unpaired) electrons. The third-order valence-corrected chi connectivity index (χ3v) is 2.98. The zero-order chi connectivity index (χ0) is 15.1. The number of carbonyl (C=O) groups is 2. The predicted octanol–water partition coefficient (Wildman–Crippen LogP) is 0.616. The molecule has 0 aliphatic heterocycles. The van der Waals surface area contributed by atoms with Crippen molar-refractivity contribution < 1.29 is 27.9 Å². The molecule has 1 aliphatic rings. The van der Waals surface area contributed by atoms with E-state index in [1.807, 2.05) is 0 Å². The quantitative estimate of drug-likeness (QED) is 0.878. The van der Waals surface area contributed by atoms with Crippen LogP contribution in [0.5, 0.6) is 0 Å². The normalized spacial score (nSPS) is 15.2. The van der Waals surface area contributed by atoms with Crippen LogP contribution < -0.4 is 0 Å². The van der Waals surface area contributed by atoms with Crippen LogP contribution in [-0.2, 0) is 17.5 Å². The number of halogens is 3. The predicted molar refractivity (Wildman–Crippen MR) is 57.8 cm³/mol. The molecule has 110 valence electrons. The van der Waals surface area contributed by atoms with Gasteiger partial charge in [0.2, 0.25) is 11.6 Å². The van der Waals surface area contributed by atoms with Crippen molar-refractivity contribution in [3.05, 3.63) is 11.4 Å². The van der Waals surface area contributed by atoms with Gasteiger partial charge < -0.3 is 10.0 Å². The maximum absolute atomic E-state index is 12.8. The van der Waals surface area contributed by atoms with Gasteiger partial charge in [-0.2, -0.15) is 13.2 Å². The molecule has 10 heteroatoms. The van der Waals surface area contributed by atoms with Crippen molar-refractivity contribution in [3.63, 3.8) is 0 Å². The third-order valence-electron chi connectivity index (χ3n) is 2.98. The van der Waals surface area contributed by atoms with Gasteiger partial charge in [-0.3, -0.25) is 4.79 Å². The fraction of sp³-hybridized carbons (Fsp3) is 0.600. The maximum Gasteiger partial charge on any atom is 0.435 e. The molecule has 0 atom stereocenters. The van der Waals surface area contributed by atoms with Crippen LogP contribution >= 0.6 is 0 Å². The number of hydrogen-bond donors (Lipinski definition) is 1. The van der Waals surface area contributed by atoms with Crippen LogP contribution in [0.4, 0.5) is 13.2 Å². The first-order valence-electron chi connectivity index (χ1n) is 5.71. The van der Waals surface area contributed by atoms with Gasteiger partial charge in [0.1, 0.15) is 6.54 Å². The lowest BCUT2D eigenvalue weighted by Gasteiger charge is -2.17. The van der Waals surface area contributed by atoms with Crippen LogP contribution in [0, 0.1) is 0 Å². The molecular weight excluding hydrogens is 281 g/mol. The summed E-state index contributed by atoms with van der Waals surface area (Å²) in [7, 11) is 1.49. The molecule has 1 saturated carbocycles. The summed E-state index contributed by atoms with van der Waals surface area (Å²) in [5.41, 5.74) is -2.73. The SMILES string of the molecule is CN(C(=O)Cn1nnc(C(=O)O)c1C(F)(F)F)C1CC1. The molecule has 0 unspecified atom stereocenters. The zero-order valence-corrected chi connectivity index (χ0v) is 10.4. The van der Waals surface area contributed by atoms with Crippen LogP contribution in [0.1, 0.15) is 29.0 Å². The Balaban J connectivity index is 2.27. The Morgan fingerprint density at radius 2 is 2.05 bits per heavy atom. The number of amides is 1. The van der Waals surface area contributed by atoms with Crippen LogP contribution in [0.15, 0.2) is 0 Å². The van der Waals surface area contributed by atoms with E-state index in [0.717, 1.165) is 12.8 Å². The molecular formula is C10H11F3N4O3. The Bertz CT molecular complexity index is 550. The second-order valence-corrected chi connectivity index (χ2v) is 4.48. The highest BCUT2D eigenvalue weighted by Gasteiger charge is 2.42. The van der Waals surface area contributed by atoms with Crippen molar-refractivity contribution in [1.29, 1.82) is 0 Å². The van der Waals surface area contributed by atoms with Crippen molar-refractivity contribution in [3.8, 4) is 0 Å². The average molecular weight is 292 g/mol. The fourth-order valence-electron chi connectivity index (χ4n) is 1.75. The minimum absolute atomic E-state index is 0.0410. The standard InChI is InChI=1S/C10H11F3N4O3/c1-16(5-2-3-5)6(18)4-17-8(10(11,12)13)7(9(19)20)14-15-17/h5H,2-4H2,1H3,(H,19,20). The topological polar surface area (TPSA) is 88.3 Å². The largest absolute Gasteiger partial charge is 0.476 e. The van der Waals surface area contributed by atoms with Gasteiger partial charge in [-0.05, 0) is 12.8 Å². The minimum atomic E-state index is -4.95. The molecule has 20 heavy (non-hydrogen) atoms. The number of aromatic nitrogens is 3. The maximum atomic E-state index is 12.8. The molecule has 1 aromatic heterocycles. The molecule has 0 aromatic carbocycles. The Labute approximate surface area is 111 Å². The summed E-state index contributed by atoms with van der Waals surface area (Å²) in [5.74, 6) is -2.41. The van der Waals surface area contributed by atoms with Crippen LogP contribution in [0.2, 0.25) is 0 Å². The van der Waals surface area contributed by atoms with Crippen molar-refractivity contribution in [2.45, 2.75) is 31.6 Å². The highest BCUT2D eigenvalue weighted by Crippen LogP contribution is 2.31. The Hall–Kier alpha value is -2.13. The van der Waals surface area contributed by atoms with Crippen LogP contribution in [-0.4, -0.2) is 50.0 Å². The summed E-state index contributed by atoms with van der Waals surface area (Å²) in [6, 6.07) is 0.0410. The molecule has 1 fully saturated rings. The van der Waals surface area contributed by atoms with E-state index in [2.05, 4.69) is 10.3 Å². The average Bonchev–Trinajstić information content (AvgIpc) is 3.07. The van der Waals surface area contributed by atoms with E-state index in [4.69, 9.17) is 5.11 Å². The fourth-order valence-corrected chi connectivity index (χ4v) is 1.75. The van der Waals surface area contributed by atoms with E-state index in [9.17, 15) is 22.8 Å². The van der Waals surface area contributed by atoms with Crippen molar-refractivity contribution in [2.24, 2.45) is 0 Å². The van der Waals surface area contributed by atoms with Gasteiger partial charge >= 0.3 is 12.1 Å². The first-order chi connectivity index (χ1) is 9.21. The molecule has 1 amide bonds. The number of alkyl halides is 3. The lowest BCUT2D eigenvalue weighted by molar-refractivity contribution is -0.146. The number of rotatable bonds is 4. The van der Waals surface area contributed by atoms with Gasteiger partial charge in [-0.1, -0.05) is 5.21 Å². The van der Waals surface area contributed by atoms with E-state index in [1.54, 1.807) is 0 Å². The van der Waals surface area contributed by atoms with Crippen molar-refractivity contribution in [1.82, 2.24) is 19.9 Å². The van der Waals surface area contributed by atoms with E-state index < -0.39 is 36.0 Å². The Morgan fingerprint density at radius 3 is 2.50 bits per heavy atom. The molecule has 1 aliphatic carbocycles. The lowest BCUT2D eigenvalue weighted by Crippen LogP contribution is -2.33. The summed E-state index contributed by atoms with van der Waals surface area (Å²) >= 11 is 0. The van der Waals surface area contributed by atoms with Gasteiger partial charge in [0, 0.05) is 13.1 Å². The van der Waals surface area contributed by atoms with E-state index in [0.29, 0.717) is 0 Å². The molecule has 1 aromatic rings. The summed E-state index contributed by atoms with van der Waals surface area (Å²) in [6.07, 6.45) is -3.33. The Kier molecular flexibility index (Phi) is 3.40. The number of likely N-dealkylation sites (N-methyl/N-ethyl adjacent to an activating group) is 1. The second kappa shape index (κ2) is 4.76. The van der Waals surface area contributed by atoms with E-state index in [1.165, 1.54) is 11.9 Å². The highest BCUT2D eigenvalue weighted by molar-refractivity contribution is 5.87. The van der Waals surface area contributed by atoms with E-state index in [-0.39, 0.29) is 10.7 Å². The first-order valence-corrected chi connectivity index (χ1v) is 5.71. The molecule has 2 rings (SSSR count). The second-order valence-electron chi connectivity index (χ2n) is 4.48. The van der Waals surface area contributed by atoms with Gasteiger partial charge in [0.15, 0.2) is 5.69 Å². The number of carboxylic acid groups (broad SMARTS) is 1. The molecule has 0 saturated heterocycles. The van der Waals surface area contributed by atoms with Gasteiger partial charge in [-0.25, -0.2) is 9.48 Å². The van der Waals surface area contributed by atoms with Gasteiger partial charge in [0.05, 0.1) is 0 Å². The van der Waals surface area contributed by atoms with Gasteiger partial charge in [-0.15, -0.1) is 5.10 Å². The van der Waals surface area contributed by atoms with Crippen LogP contribution in [0.3, 0.4) is 0 Å². The van der Waals surface area contributed by atoms with Crippen molar-refractivity contribution >= 4 is 11.9 Å². The number of carbonyl (C=O) groups excluding carboxylic acids is 1. The molecule has 0 bridgehead atoms. The van der Waals surface area contributed by atoms with Gasteiger partial charge in [0.25, 0.3) is 0 Å². The molecule has 1 N–H and O–H groups in total. The minimum Gasteiger partial charge on any atom is -0.476 e. The molecule has 1 heterocycles. The number of aromatic carboxylic acids is 1. The Morgan fingerprint density at radius 1 is 1.45 bits per heavy atom. The number of carboxylic acids is 1. The summed E-state index contributed by atoms with van der Waals surface area (Å²) in [4.78, 5) is 23.8. The lowest BCUT2D eigenvalue weighted by atomic mass is 10.3. The third kappa shape index (κ3) is 2.73. The van der Waals surface area contributed by atoms with E-state index >= 15 is 0 Å². The molecule has 0 spiro atoms. The number of hydrogen-bond acceptors (Lipinski definition) is 4. The van der Waals surface area contributed by atoms with Crippen molar-refractivity contribution in [2.75, 3.05) is 7.05 Å².